The van der Waals surface area contributed by atoms with Crippen LogP contribution in [0.25, 0.3) is 10.2 Å². The van der Waals surface area contributed by atoms with Crippen LogP contribution in [0, 0.1) is 5.92 Å². The number of alkyl carbamates (subject to hydrolysis) is 1. The van der Waals surface area contributed by atoms with Crippen LogP contribution in [-0.2, 0) is 19.1 Å². The molecular formula is C36H42BrN5O7S. The van der Waals surface area contributed by atoms with Gasteiger partial charge in [0.05, 0.1) is 16.8 Å². The summed E-state index contributed by atoms with van der Waals surface area (Å²) in [5.74, 6) is -1.19. The predicted molar refractivity (Wildman–Crippen MR) is 191 cm³/mol. The molecule has 2 aromatic carbocycles. The Morgan fingerprint density at radius 2 is 1.90 bits per heavy atom. The van der Waals surface area contributed by atoms with Gasteiger partial charge in [0.2, 0.25) is 11.8 Å². The van der Waals surface area contributed by atoms with E-state index in [0.29, 0.717) is 30.2 Å². The first-order valence-corrected chi connectivity index (χ1v) is 18.5. The number of aromatic nitrogens is 1. The highest BCUT2D eigenvalue weighted by molar-refractivity contribution is 9.10. The van der Waals surface area contributed by atoms with Crippen molar-refractivity contribution in [3.8, 4) is 10.9 Å². The van der Waals surface area contributed by atoms with Crippen LogP contribution in [0.2, 0.25) is 0 Å². The van der Waals surface area contributed by atoms with Crippen LogP contribution >= 0.6 is 27.3 Å². The molecule has 5 atom stereocenters. The van der Waals surface area contributed by atoms with Crippen LogP contribution in [0.5, 0.6) is 10.9 Å². The maximum atomic E-state index is 14.3. The summed E-state index contributed by atoms with van der Waals surface area (Å²) in [5, 5.41) is 6.19. The molecular weight excluding hydrogens is 726 g/mol. The van der Waals surface area contributed by atoms with Crippen molar-refractivity contribution in [3.05, 3.63) is 65.2 Å². The fourth-order valence-corrected chi connectivity index (χ4v) is 7.80. The SMILES string of the molecule is CC(C)(C)OC(=O)N[C@H]1CCCCC/C=C\[C@H]2C[C@@]2(C(=O)NOc2ccccc2)NC(=O)[C@@H]2C[C@@H](Oc3nc4ccc(Br)cc4s3)CN2C1=O. The average Bonchev–Trinajstić information content (AvgIpc) is 3.37. The van der Waals surface area contributed by atoms with Crippen LogP contribution in [-0.4, -0.2) is 69.6 Å². The molecule has 0 unspecified atom stereocenters. The van der Waals surface area contributed by atoms with Crippen molar-refractivity contribution in [1.82, 2.24) is 26.0 Å². The first-order chi connectivity index (χ1) is 23.9. The highest BCUT2D eigenvalue weighted by Gasteiger charge is 2.61. The fourth-order valence-electron chi connectivity index (χ4n) is 6.37. The molecule has 3 aromatic rings. The second-order valence-corrected chi connectivity index (χ2v) is 15.9. The number of nitrogens with zero attached hydrogens (tertiary/aromatic N) is 2. The number of hydrogen-bond donors (Lipinski definition) is 3. The molecule has 1 aliphatic carbocycles. The lowest BCUT2D eigenvalue weighted by atomic mass is 10.0. The third-order valence-electron chi connectivity index (χ3n) is 8.94. The van der Waals surface area contributed by atoms with Crippen molar-refractivity contribution in [2.24, 2.45) is 5.92 Å². The number of carbonyl (C=O) groups excluding carboxylic acids is 4. The molecule has 1 saturated heterocycles. The zero-order valence-electron chi connectivity index (χ0n) is 28.3. The molecule has 0 spiro atoms. The van der Waals surface area contributed by atoms with Gasteiger partial charge in [-0.05, 0) is 76.8 Å². The number of para-hydroxylation sites is 1. The largest absolute Gasteiger partial charge is 0.465 e. The van der Waals surface area contributed by atoms with Crippen LogP contribution in [0.1, 0.15) is 65.7 Å². The number of benzene rings is 2. The zero-order chi connectivity index (χ0) is 35.5. The predicted octanol–water partition coefficient (Wildman–Crippen LogP) is 5.81. The van der Waals surface area contributed by atoms with Crippen molar-refractivity contribution in [2.75, 3.05) is 6.54 Å². The highest BCUT2D eigenvalue weighted by atomic mass is 79.9. The number of thiazole rings is 1. The Morgan fingerprint density at radius 1 is 1.10 bits per heavy atom. The quantitative estimate of drug-likeness (QED) is 0.211. The van der Waals surface area contributed by atoms with E-state index >= 15 is 0 Å². The number of amides is 4. The summed E-state index contributed by atoms with van der Waals surface area (Å²) < 4.78 is 13.7. The average molecular weight is 769 g/mol. The number of carbonyl (C=O) groups is 4. The number of nitrogens with one attached hydrogen (secondary N) is 3. The van der Waals surface area contributed by atoms with Gasteiger partial charge in [-0.1, -0.05) is 70.5 Å². The van der Waals surface area contributed by atoms with Crippen molar-refractivity contribution in [1.29, 1.82) is 0 Å². The number of hydroxylamine groups is 1. The lowest BCUT2D eigenvalue weighted by Crippen LogP contribution is -2.58. The smallest absolute Gasteiger partial charge is 0.408 e. The lowest BCUT2D eigenvalue weighted by molar-refractivity contribution is -0.142. The molecule has 3 aliphatic rings. The Kier molecular flexibility index (Phi) is 10.7. The van der Waals surface area contributed by atoms with E-state index in [1.54, 1.807) is 45.0 Å². The first kappa shape index (κ1) is 35.6. The van der Waals surface area contributed by atoms with E-state index in [2.05, 4.69) is 37.0 Å². The normalized spacial score (nSPS) is 26.4. The third kappa shape index (κ3) is 8.58. The number of rotatable bonds is 6. The van der Waals surface area contributed by atoms with E-state index in [4.69, 9.17) is 14.3 Å². The van der Waals surface area contributed by atoms with E-state index in [0.717, 1.165) is 34.0 Å². The molecule has 1 aromatic heterocycles. The minimum atomic E-state index is -1.26. The minimum absolute atomic E-state index is 0.0860. The molecule has 2 fully saturated rings. The topological polar surface area (TPSA) is 148 Å². The van der Waals surface area contributed by atoms with Gasteiger partial charge in [0.1, 0.15) is 29.3 Å². The van der Waals surface area contributed by atoms with Crippen LogP contribution in [0.3, 0.4) is 0 Å². The van der Waals surface area contributed by atoms with Gasteiger partial charge in [0.25, 0.3) is 11.1 Å². The molecule has 12 nitrogen and oxygen atoms in total. The second kappa shape index (κ2) is 15.0. The summed E-state index contributed by atoms with van der Waals surface area (Å²) in [4.78, 5) is 66.8. The monoisotopic (exact) mass is 767 g/mol. The zero-order valence-corrected chi connectivity index (χ0v) is 30.7. The van der Waals surface area contributed by atoms with Crippen molar-refractivity contribution in [2.45, 2.75) is 95.0 Å². The molecule has 3 heterocycles. The molecule has 14 heteroatoms. The van der Waals surface area contributed by atoms with Gasteiger partial charge in [-0.2, -0.15) is 5.48 Å². The summed E-state index contributed by atoms with van der Waals surface area (Å²) >= 11 is 4.86. The van der Waals surface area contributed by atoms with Crippen molar-refractivity contribution < 1.29 is 33.5 Å². The van der Waals surface area contributed by atoms with Gasteiger partial charge in [0, 0.05) is 16.8 Å². The highest BCUT2D eigenvalue weighted by Crippen LogP contribution is 2.45. The molecule has 6 rings (SSSR count). The Morgan fingerprint density at radius 3 is 2.68 bits per heavy atom. The fraction of sp³-hybridized carbons (Fsp3) is 0.472. The molecule has 0 radical (unpaired) electrons. The van der Waals surface area contributed by atoms with Gasteiger partial charge < -0.3 is 29.8 Å². The lowest BCUT2D eigenvalue weighted by Gasteiger charge is -2.30. The molecule has 266 valence electrons. The Balaban J connectivity index is 1.27. The number of hydrogen-bond acceptors (Lipinski definition) is 9. The molecule has 50 heavy (non-hydrogen) atoms. The van der Waals surface area contributed by atoms with Gasteiger partial charge in [0.15, 0.2) is 5.75 Å². The molecule has 0 bridgehead atoms. The molecule has 3 N–H and O–H groups in total. The summed E-state index contributed by atoms with van der Waals surface area (Å²) in [6.07, 6.45) is 6.79. The van der Waals surface area contributed by atoms with Gasteiger partial charge in [-0.15, -0.1) is 0 Å². The summed E-state index contributed by atoms with van der Waals surface area (Å²) in [5.41, 5.74) is 1.28. The minimum Gasteiger partial charge on any atom is -0.465 e. The Hall–Kier alpha value is -4.17. The van der Waals surface area contributed by atoms with E-state index in [-0.39, 0.29) is 18.9 Å². The molecule has 4 amide bonds. The van der Waals surface area contributed by atoms with Crippen LogP contribution in [0.15, 0.2) is 65.2 Å². The van der Waals surface area contributed by atoms with Gasteiger partial charge >= 0.3 is 6.09 Å². The summed E-state index contributed by atoms with van der Waals surface area (Å²) in [6.45, 7) is 5.35. The van der Waals surface area contributed by atoms with E-state index < -0.39 is 53.1 Å². The standard InChI is InChI=1S/C36H42BrN5O7S/c1-35(2,3)48-33(46)38-27-15-11-6-4-5-8-12-22-20-36(22,32(45)41-49-24-13-9-7-10-14-24)40-30(43)28-19-25(21-42(28)31(27)44)47-34-39-26-17-16-23(37)18-29(26)50-34/h7-10,12-14,16-18,22,25,27-28H,4-6,11,15,19-21H2,1-3H3,(H,38,46)(H,40,43)(H,41,45)/b12-8-/t22-,25+,27-,28-,36+/m0/s1. The third-order valence-corrected chi connectivity index (χ3v) is 10.3. The van der Waals surface area contributed by atoms with Crippen LogP contribution < -0.4 is 25.7 Å². The first-order valence-electron chi connectivity index (χ1n) is 16.9. The van der Waals surface area contributed by atoms with Crippen LogP contribution in [0.4, 0.5) is 4.79 Å². The number of halogens is 1. The maximum Gasteiger partial charge on any atom is 0.408 e. The number of allylic oxidation sites excluding steroid dienone is 1. The Labute approximate surface area is 303 Å². The van der Waals surface area contributed by atoms with Crippen molar-refractivity contribution in [3.63, 3.8) is 0 Å². The maximum absolute atomic E-state index is 14.3. The van der Waals surface area contributed by atoms with Crippen molar-refractivity contribution >= 4 is 61.3 Å². The van der Waals surface area contributed by atoms with Gasteiger partial charge in [-0.3, -0.25) is 14.4 Å². The molecule has 2 aliphatic heterocycles. The van der Waals surface area contributed by atoms with E-state index in [9.17, 15) is 19.2 Å². The summed E-state index contributed by atoms with van der Waals surface area (Å²) in [7, 11) is 0. The van der Waals surface area contributed by atoms with E-state index in [1.807, 2.05) is 36.4 Å². The van der Waals surface area contributed by atoms with Gasteiger partial charge in [-0.25, -0.2) is 9.78 Å². The number of ether oxygens (including phenoxy) is 2. The van der Waals surface area contributed by atoms with E-state index in [1.165, 1.54) is 16.2 Å². The second-order valence-electron chi connectivity index (χ2n) is 14.0. The Bertz CT molecular complexity index is 1760. The number of fused-ring (bicyclic) bond motifs is 3. The summed E-state index contributed by atoms with van der Waals surface area (Å²) in [6, 6.07) is 12.7. The molecule has 1 saturated carbocycles.